The molecular weight excluding hydrogens is 294 g/mol. The van der Waals surface area contributed by atoms with E-state index in [-0.39, 0.29) is 0 Å². The molecule has 4 rings (SSSR count). The van der Waals surface area contributed by atoms with Crippen LogP contribution in [0.2, 0.25) is 0 Å². The molecule has 114 valence electrons. The first kappa shape index (κ1) is 13.9. The van der Waals surface area contributed by atoms with E-state index in [1.54, 1.807) is 11.3 Å². The number of nitrogens with two attached hydrogens (primary N) is 1. The molecule has 4 nitrogen and oxygen atoms in total. The third-order valence-electron chi connectivity index (χ3n) is 4.30. The van der Waals surface area contributed by atoms with Gasteiger partial charge in [-0.15, -0.1) is 11.3 Å². The Hall–Kier alpha value is -1.69. The molecule has 0 bridgehead atoms. The lowest BCUT2D eigenvalue weighted by atomic mass is 9.80. The van der Waals surface area contributed by atoms with Crippen molar-refractivity contribution in [1.29, 1.82) is 0 Å². The topological polar surface area (TPSA) is 64.1 Å². The number of fused-ring (bicyclic) bond motifs is 1. The highest BCUT2D eigenvalue weighted by Gasteiger charge is 2.27. The van der Waals surface area contributed by atoms with E-state index >= 15 is 0 Å². The summed E-state index contributed by atoms with van der Waals surface area (Å²) in [5.74, 6) is 2.52. The summed E-state index contributed by atoms with van der Waals surface area (Å²) in [4.78, 5) is 4.63. The van der Waals surface area contributed by atoms with Crippen molar-refractivity contribution in [2.75, 3.05) is 6.54 Å². The Labute approximate surface area is 133 Å². The van der Waals surface area contributed by atoms with Crippen molar-refractivity contribution in [2.24, 2.45) is 11.7 Å². The Bertz CT molecular complexity index is 740. The highest BCUT2D eigenvalue weighted by Crippen LogP contribution is 2.31. The van der Waals surface area contributed by atoms with Crippen LogP contribution in [0, 0.1) is 5.92 Å². The van der Waals surface area contributed by atoms with Crippen molar-refractivity contribution in [1.82, 2.24) is 10.3 Å². The van der Waals surface area contributed by atoms with E-state index < -0.39 is 0 Å². The van der Waals surface area contributed by atoms with Crippen LogP contribution in [0.25, 0.3) is 21.0 Å². The summed E-state index contributed by atoms with van der Waals surface area (Å²) < 4.78 is 7.12. The van der Waals surface area contributed by atoms with Gasteiger partial charge in [0.1, 0.15) is 5.76 Å². The molecule has 3 N–H and O–H groups in total. The largest absolute Gasteiger partial charge is 0.457 e. The third kappa shape index (κ3) is 2.67. The van der Waals surface area contributed by atoms with Gasteiger partial charge in [0, 0.05) is 6.04 Å². The van der Waals surface area contributed by atoms with Gasteiger partial charge in [0.15, 0.2) is 10.8 Å². The van der Waals surface area contributed by atoms with Gasteiger partial charge in [-0.3, -0.25) is 0 Å². The van der Waals surface area contributed by atoms with Crippen molar-refractivity contribution in [3.8, 4) is 10.8 Å². The smallest absolute Gasteiger partial charge is 0.163 e. The van der Waals surface area contributed by atoms with E-state index in [0.29, 0.717) is 12.0 Å². The first-order valence-corrected chi connectivity index (χ1v) is 8.51. The van der Waals surface area contributed by atoms with Crippen molar-refractivity contribution >= 4 is 21.6 Å². The zero-order valence-corrected chi connectivity index (χ0v) is 13.1. The van der Waals surface area contributed by atoms with Gasteiger partial charge in [-0.25, -0.2) is 4.98 Å². The van der Waals surface area contributed by atoms with Crippen LogP contribution in [0.5, 0.6) is 0 Å². The number of aromatic nitrogens is 1. The van der Waals surface area contributed by atoms with Crippen LogP contribution in [-0.2, 0) is 6.54 Å². The molecule has 1 aliphatic rings. The second-order valence-corrected chi connectivity index (χ2v) is 6.93. The summed E-state index contributed by atoms with van der Waals surface area (Å²) in [6.07, 6.45) is 2.36. The van der Waals surface area contributed by atoms with E-state index in [1.807, 2.05) is 30.3 Å². The zero-order chi connectivity index (χ0) is 14.9. The van der Waals surface area contributed by atoms with E-state index in [2.05, 4.69) is 16.4 Å². The van der Waals surface area contributed by atoms with E-state index in [1.165, 1.54) is 17.5 Å². The normalized spacial score (nSPS) is 21.1. The van der Waals surface area contributed by atoms with Crippen LogP contribution in [0.15, 0.2) is 40.8 Å². The molecule has 1 aliphatic carbocycles. The molecule has 5 heteroatoms. The second kappa shape index (κ2) is 5.83. The average Bonchev–Trinajstić information content (AvgIpc) is 3.12. The lowest BCUT2D eigenvalue weighted by Crippen LogP contribution is -2.43. The average molecular weight is 313 g/mol. The van der Waals surface area contributed by atoms with E-state index in [4.69, 9.17) is 10.2 Å². The molecule has 0 unspecified atom stereocenters. The van der Waals surface area contributed by atoms with E-state index in [0.717, 1.165) is 35.1 Å². The van der Waals surface area contributed by atoms with Crippen molar-refractivity contribution in [3.63, 3.8) is 0 Å². The molecular formula is C17H19N3OS. The number of hydrogen-bond acceptors (Lipinski definition) is 5. The predicted octanol–water partition coefficient (Wildman–Crippen LogP) is 3.38. The van der Waals surface area contributed by atoms with Gasteiger partial charge < -0.3 is 15.5 Å². The number of nitrogens with one attached hydrogen (secondary N) is 1. The molecule has 1 fully saturated rings. The zero-order valence-electron chi connectivity index (χ0n) is 12.3. The monoisotopic (exact) mass is 313 g/mol. The number of thiazole rings is 1. The molecule has 1 saturated carbocycles. The van der Waals surface area contributed by atoms with Crippen LogP contribution in [-0.4, -0.2) is 17.6 Å². The van der Waals surface area contributed by atoms with Crippen molar-refractivity contribution < 1.29 is 4.42 Å². The summed E-state index contributed by atoms with van der Waals surface area (Å²) >= 11 is 1.67. The number of furan rings is 1. The third-order valence-corrected chi connectivity index (χ3v) is 5.35. The van der Waals surface area contributed by atoms with Crippen molar-refractivity contribution in [2.45, 2.75) is 25.4 Å². The SMILES string of the molecule is NCC1CC(NCc2ccc(-c3nc4ccccc4s3)o2)C1. The highest BCUT2D eigenvalue weighted by atomic mass is 32.1. The lowest BCUT2D eigenvalue weighted by molar-refractivity contribution is 0.224. The Morgan fingerprint density at radius 2 is 2.09 bits per heavy atom. The molecule has 1 aromatic carbocycles. The number of hydrogen-bond donors (Lipinski definition) is 2. The molecule has 0 radical (unpaired) electrons. The Morgan fingerprint density at radius 1 is 1.23 bits per heavy atom. The van der Waals surface area contributed by atoms with Gasteiger partial charge in [0.2, 0.25) is 0 Å². The molecule has 22 heavy (non-hydrogen) atoms. The second-order valence-electron chi connectivity index (χ2n) is 5.90. The number of benzene rings is 1. The predicted molar refractivity (Wildman–Crippen MR) is 89.7 cm³/mol. The first-order valence-electron chi connectivity index (χ1n) is 7.70. The summed E-state index contributed by atoms with van der Waals surface area (Å²) in [5, 5.41) is 4.47. The van der Waals surface area contributed by atoms with Gasteiger partial charge in [0.25, 0.3) is 0 Å². The van der Waals surface area contributed by atoms with Gasteiger partial charge in [-0.1, -0.05) is 12.1 Å². The van der Waals surface area contributed by atoms with Gasteiger partial charge >= 0.3 is 0 Å². The summed E-state index contributed by atoms with van der Waals surface area (Å²) in [7, 11) is 0. The first-order chi connectivity index (χ1) is 10.8. The molecule has 0 saturated heterocycles. The van der Waals surface area contributed by atoms with Crippen LogP contribution in [0.1, 0.15) is 18.6 Å². The fraction of sp³-hybridized carbons (Fsp3) is 0.353. The molecule has 2 aromatic heterocycles. The summed E-state index contributed by atoms with van der Waals surface area (Å²) in [6, 6.07) is 12.8. The van der Waals surface area contributed by atoms with Gasteiger partial charge in [-0.05, 0) is 49.6 Å². The fourth-order valence-corrected chi connectivity index (χ4v) is 3.83. The van der Waals surface area contributed by atoms with Gasteiger partial charge in [-0.2, -0.15) is 0 Å². The number of para-hydroxylation sites is 1. The minimum Gasteiger partial charge on any atom is -0.457 e. The summed E-state index contributed by atoms with van der Waals surface area (Å²) in [6.45, 7) is 1.58. The molecule has 0 spiro atoms. The minimum atomic E-state index is 0.588. The molecule has 0 atom stereocenters. The maximum atomic E-state index is 5.93. The Balaban J connectivity index is 1.42. The highest BCUT2D eigenvalue weighted by molar-refractivity contribution is 7.21. The molecule has 3 aromatic rings. The van der Waals surface area contributed by atoms with Gasteiger partial charge in [0.05, 0.1) is 16.8 Å². The Morgan fingerprint density at radius 3 is 2.91 bits per heavy atom. The van der Waals surface area contributed by atoms with Crippen LogP contribution < -0.4 is 11.1 Å². The maximum Gasteiger partial charge on any atom is 0.163 e. The maximum absolute atomic E-state index is 5.93. The minimum absolute atomic E-state index is 0.588. The van der Waals surface area contributed by atoms with Crippen LogP contribution in [0.3, 0.4) is 0 Å². The lowest BCUT2D eigenvalue weighted by Gasteiger charge is -2.34. The number of rotatable bonds is 5. The van der Waals surface area contributed by atoms with Crippen LogP contribution in [0.4, 0.5) is 0 Å². The van der Waals surface area contributed by atoms with Crippen molar-refractivity contribution in [3.05, 3.63) is 42.2 Å². The number of nitrogens with zero attached hydrogens (tertiary/aromatic N) is 1. The molecule has 2 heterocycles. The quantitative estimate of drug-likeness (QED) is 0.758. The van der Waals surface area contributed by atoms with E-state index in [9.17, 15) is 0 Å². The fourth-order valence-electron chi connectivity index (χ4n) is 2.91. The van der Waals surface area contributed by atoms with Crippen LogP contribution >= 0.6 is 11.3 Å². The molecule has 0 aliphatic heterocycles. The Kier molecular flexibility index (Phi) is 3.70. The summed E-state index contributed by atoms with van der Waals surface area (Å²) in [5.41, 5.74) is 6.68. The standard InChI is InChI=1S/C17H19N3OS/c18-9-11-7-12(8-11)19-10-13-5-6-15(21-13)17-20-14-3-1-2-4-16(14)22-17/h1-6,11-12,19H,7-10,18H2. The molecule has 0 amide bonds.